The smallest absolute Gasteiger partial charge is 0.216 e. The number of hydrogen-bond donors (Lipinski definition) is 1. The van der Waals surface area contributed by atoms with Crippen LogP contribution in [0.25, 0.3) is 0 Å². The van der Waals surface area contributed by atoms with Gasteiger partial charge < -0.3 is 10.6 Å². The van der Waals surface area contributed by atoms with E-state index in [-0.39, 0.29) is 0 Å². The Labute approximate surface area is 89.5 Å². The first-order valence-electron chi connectivity index (χ1n) is 4.64. The van der Waals surface area contributed by atoms with E-state index in [1.165, 1.54) is 5.56 Å². The van der Waals surface area contributed by atoms with Crippen LogP contribution in [0.1, 0.15) is 18.1 Å². The molecule has 1 rings (SSSR count). The van der Waals surface area contributed by atoms with Gasteiger partial charge in [0.05, 0.1) is 0 Å². The molecular formula is C11H15N3O. The predicted octanol–water partition coefficient (Wildman–Crippen LogP) is 1.68. The van der Waals surface area contributed by atoms with E-state index < -0.39 is 0 Å². The van der Waals surface area contributed by atoms with Crippen molar-refractivity contribution in [2.45, 2.75) is 13.8 Å². The Morgan fingerprint density at radius 3 is 2.40 bits per heavy atom. The lowest BCUT2D eigenvalue weighted by atomic mass is 10.1. The molecule has 15 heavy (non-hydrogen) atoms. The number of nitrogens with two attached hydrogens (primary N) is 1. The minimum absolute atomic E-state index is 0.345. The highest BCUT2D eigenvalue weighted by Gasteiger charge is 1.98. The summed E-state index contributed by atoms with van der Waals surface area (Å²) >= 11 is 0. The molecule has 0 radical (unpaired) electrons. The average molecular weight is 205 g/mol. The summed E-state index contributed by atoms with van der Waals surface area (Å²) in [5, 5.41) is 3.76. The monoisotopic (exact) mass is 205 g/mol. The van der Waals surface area contributed by atoms with E-state index in [9.17, 15) is 0 Å². The van der Waals surface area contributed by atoms with E-state index in [1.807, 2.05) is 31.2 Å². The lowest BCUT2D eigenvalue weighted by molar-refractivity contribution is 0.324. The van der Waals surface area contributed by atoms with E-state index >= 15 is 0 Å². The largest absolute Gasteiger partial charge is 0.380 e. The molecule has 0 spiro atoms. The molecule has 0 saturated heterocycles. The number of oxime groups is 1. The minimum Gasteiger partial charge on any atom is -0.380 e. The van der Waals surface area contributed by atoms with Gasteiger partial charge in [-0.3, -0.25) is 4.99 Å². The van der Waals surface area contributed by atoms with Gasteiger partial charge in [-0.1, -0.05) is 35.0 Å². The highest BCUT2D eigenvalue weighted by Crippen LogP contribution is 2.02. The van der Waals surface area contributed by atoms with Gasteiger partial charge in [0.1, 0.15) is 0 Å². The normalized spacial score (nSPS) is 12.7. The number of hydrogen-bond acceptors (Lipinski definition) is 3. The van der Waals surface area contributed by atoms with Crippen LogP contribution in [0.15, 0.2) is 34.4 Å². The first-order chi connectivity index (χ1) is 7.13. The zero-order valence-corrected chi connectivity index (χ0v) is 9.19. The van der Waals surface area contributed by atoms with Crippen molar-refractivity contribution in [2.24, 2.45) is 15.9 Å². The topological polar surface area (TPSA) is 60.0 Å². The third-order valence-corrected chi connectivity index (χ3v) is 1.94. The van der Waals surface area contributed by atoms with Crippen LogP contribution in [0.3, 0.4) is 0 Å². The molecule has 0 bridgehead atoms. The number of amidine groups is 1. The Morgan fingerprint density at radius 2 is 1.87 bits per heavy atom. The zero-order valence-electron chi connectivity index (χ0n) is 9.19. The van der Waals surface area contributed by atoms with Gasteiger partial charge >= 0.3 is 0 Å². The maximum atomic E-state index is 5.72. The summed E-state index contributed by atoms with van der Waals surface area (Å²) < 4.78 is 0. The second-order valence-corrected chi connectivity index (χ2v) is 3.18. The Kier molecular flexibility index (Phi) is 3.85. The first kappa shape index (κ1) is 11.2. The zero-order chi connectivity index (χ0) is 11.3. The van der Waals surface area contributed by atoms with Gasteiger partial charge in [-0.05, 0) is 6.92 Å². The van der Waals surface area contributed by atoms with Gasteiger partial charge in [-0.25, -0.2) is 0 Å². The van der Waals surface area contributed by atoms with Crippen molar-refractivity contribution in [2.75, 3.05) is 7.05 Å². The molecular weight excluding hydrogens is 190 g/mol. The van der Waals surface area contributed by atoms with Crippen molar-refractivity contribution < 1.29 is 4.84 Å². The molecule has 1 aromatic rings. The minimum atomic E-state index is 0.345. The van der Waals surface area contributed by atoms with Gasteiger partial charge in [0.25, 0.3) is 0 Å². The van der Waals surface area contributed by atoms with Crippen LogP contribution in [0.2, 0.25) is 0 Å². The summed E-state index contributed by atoms with van der Waals surface area (Å²) in [5.41, 5.74) is 7.73. The molecule has 4 nitrogen and oxygen atoms in total. The fourth-order valence-corrected chi connectivity index (χ4v) is 0.933. The third-order valence-electron chi connectivity index (χ3n) is 1.94. The summed E-state index contributed by atoms with van der Waals surface area (Å²) in [7, 11) is 1.63. The van der Waals surface area contributed by atoms with Crippen LogP contribution in [0.5, 0.6) is 0 Å². The number of nitrogens with zero attached hydrogens (tertiary/aromatic N) is 2. The molecule has 0 heterocycles. The molecule has 0 aromatic heterocycles. The standard InChI is InChI=1S/C11H15N3O/c1-8-4-6-10(7-5-8)11(12)14-15-9(2)13-3/h4-7H,1-3H3,(H2,12,14). The molecule has 2 N–H and O–H groups in total. The highest BCUT2D eigenvalue weighted by molar-refractivity contribution is 5.97. The molecule has 0 fully saturated rings. The molecule has 0 atom stereocenters. The fourth-order valence-electron chi connectivity index (χ4n) is 0.933. The maximum absolute atomic E-state index is 5.72. The Hall–Kier alpha value is -1.84. The quantitative estimate of drug-likeness (QED) is 0.453. The molecule has 0 aliphatic heterocycles. The van der Waals surface area contributed by atoms with Crippen molar-refractivity contribution >= 4 is 11.7 Å². The van der Waals surface area contributed by atoms with Crippen LogP contribution in [-0.4, -0.2) is 18.8 Å². The van der Waals surface area contributed by atoms with Gasteiger partial charge in [-0.2, -0.15) is 0 Å². The second-order valence-electron chi connectivity index (χ2n) is 3.18. The lowest BCUT2D eigenvalue weighted by Gasteiger charge is -2.01. The fraction of sp³-hybridized carbons (Fsp3) is 0.273. The highest BCUT2D eigenvalue weighted by atomic mass is 16.6. The molecule has 4 heteroatoms. The van der Waals surface area contributed by atoms with Crippen LogP contribution < -0.4 is 5.73 Å². The van der Waals surface area contributed by atoms with E-state index in [2.05, 4.69) is 10.1 Å². The summed E-state index contributed by atoms with van der Waals surface area (Å²) in [6, 6.07) is 7.74. The number of aliphatic imine (C=N–C) groups is 1. The van der Waals surface area contributed by atoms with Gasteiger partial charge in [-0.15, -0.1) is 0 Å². The average Bonchev–Trinajstić information content (AvgIpc) is 2.26. The Morgan fingerprint density at radius 1 is 1.27 bits per heavy atom. The summed E-state index contributed by atoms with van der Waals surface area (Å²) in [5.74, 6) is 0.822. The van der Waals surface area contributed by atoms with Gasteiger partial charge in [0, 0.05) is 19.5 Å². The predicted molar refractivity (Wildman–Crippen MR) is 62.0 cm³/mol. The summed E-state index contributed by atoms with van der Waals surface area (Å²) in [4.78, 5) is 8.75. The lowest BCUT2D eigenvalue weighted by Crippen LogP contribution is -2.14. The molecule has 0 aliphatic rings. The molecule has 0 amide bonds. The van der Waals surface area contributed by atoms with E-state index in [0.717, 1.165) is 5.56 Å². The van der Waals surface area contributed by atoms with Crippen molar-refractivity contribution in [3.8, 4) is 0 Å². The molecule has 0 saturated carbocycles. The number of benzene rings is 1. The van der Waals surface area contributed by atoms with Gasteiger partial charge in [0.2, 0.25) is 5.90 Å². The van der Waals surface area contributed by atoms with Crippen molar-refractivity contribution in [3.05, 3.63) is 35.4 Å². The molecule has 1 aromatic carbocycles. The van der Waals surface area contributed by atoms with E-state index in [0.29, 0.717) is 11.7 Å². The Balaban J connectivity index is 2.76. The molecule has 80 valence electrons. The molecule has 0 aliphatic carbocycles. The molecule has 0 unspecified atom stereocenters. The van der Waals surface area contributed by atoms with Crippen molar-refractivity contribution in [1.82, 2.24) is 0 Å². The maximum Gasteiger partial charge on any atom is 0.216 e. The summed E-state index contributed by atoms with van der Waals surface area (Å²) in [6.45, 7) is 3.73. The van der Waals surface area contributed by atoms with Crippen molar-refractivity contribution in [3.63, 3.8) is 0 Å². The van der Waals surface area contributed by atoms with Crippen LogP contribution in [-0.2, 0) is 4.84 Å². The SMILES string of the molecule is CN=C(C)O/N=C(\N)c1ccc(C)cc1. The van der Waals surface area contributed by atoms with Crippen LogP contribution in [0.4, 0.5) is 0 Å². The van der Waals surface area contributed by atoms with Crippen LogP contribution >= 0.6 is 0 Å². The second kappa shape index (κ2) is 5.14. The van der Waals surface area contributed by atoms with Crippen LogP contribution in [0, 0.1) is 6.92 Å². The van der Waals surface area contributed by atoms with Gasteiger partial charge in [0.15, 0.2) is 5.84 Å². The van der Waals surface area contributed by atoms with Crippen molar-refractivity contribution in [1.29, 1.82) is 0 Å². The number of rotatable bonds is 2. The number of aryl methyl sites for hydroxylation is 1. The first-order valence-corrected chi connectivity index (χ1v) is 4.64. The van der Waals surface area contributed by atoms with E-state index in [4.69, 9.17) is 10.6 Å². The third kappa shape index (κ3) is 3.42. The Bertz CT molecular complexity index is 379. The summed E-state index contributed by atoms with van der Waals surface area (Å²) in [6.07, 6.45) is 0. The van der Waals surface area contributed by atoms with E-state index in [1.54, 1.807) is 14.0 Å².